The predicted molar refractivity (Wildman–Crippen MR) is 248 cm³/mol. The van der Waals surface area contributed by atoms with Crippen molar-refractivity contribution >= 4 is 21.9 Å². The van der Waals surface area contributed by atoms with Crippen LogP contribution in [0.2, 0.25) is 0 Å². The Morgan fingerprint density at radius 2 is 1.53 bits per heavy atom. The Morgan fingerprint density at radius 1 is 0.750 bits per heavy atom. The predicted octanol–water partition coefficient (Wildman–Crippen LogP) is 15.5. The monoisotopic (exact) mass is 977 g/mol. The van der Waals surface area contributed by atoms with Gasteiger partial charge in [-0.05, 0) is 113 Å². The molecule has 3 nitrogen and oxygen atoms in total. The molecule has 3 aromatic heterocycles. The summed E-state index contributed by atoms with van der Waals surface area (Å²) in [5.74, 6) is -0.908. The SMILES string of the molecule is [2H]C([2H])([2H])c1c[c-]c(-c2ccc(C([2H])([2H])C(C)(C)C)cn2)cc1.[2H]C([2H])([2H])c1cnc(-c2[c-]ccc3c2oc2c(-c4ccccc4)cccc23)cc1-c1ccc(C2([2H])CCC(C)(C)CC2)cc1C([2H])([2H])[2H].[Ir]. The van der Waals surface area contributed by atoms with E-state index in [1.165, 1.54) is 18.5 Å². The van der Waals surface area contributed by atoms with Crippen LogP contribution in [0.15, 0.2) is 132 Å². The summed E-state index contributed by atoms with van der Waals surface area (Å²) in [5.41, 5.74) is 7.03. The van der Waals surface area contributed by atoms with Gasteiger partial charge in [-0.2, -0.15) is 0 Å². The molecule has 5 aromatic carbocycles. The molecule has 307 valence electrons. The molecule has 0 aliphatic heterocycles. The van der Waals surface area contributed by atoms with Crippen LogP contribution < -0.4 is 0 Å². The molecule has 60 heavy (non-hydrogen) atoms. The van der Waals surface area contributed by atoms with E-state index in [0.717, 1.165) is 40.3 Å². The second-order valence-electron chi connectivity index (χ2n) is 17.2. The van der Waals surface area contributed by atoms with E-state index in [-0.39, 0.29) is 53.3 Å². The summed E-state index contributed by atoms with van der Waals surface area (Å²) in [6.07, 6.45) is 4.35. The standard InChI is InChI=1S/C39H36NO.C17H20N.Ir/c1-25-22-29(27-18-20-39(3,4)21-19-27)16-17-30(25)35-23-36(40-24-26(35)2)34-15-9-14-33-32-13-8-12-31(37(32)41-38(33)34)28-10-6-5-7-11-28;1-13-5-8-15(9-6-13)16-10-7-14(12-18-16)11-17(2,3)4;/h5-14,16-17,22-24,27H,18-21H2,1-4H3;5-8,10,12H,11H2,1-4H3;/q2*-1;/i1D3,2D3,27D;1D3,11D2;. The zero-order chi connectivity index (χ0) is 51.5. The third-order valence-electron chi connectivity index (χ3n) is 11.0. The Hall–Kier alpha value is -5.15. The van der Waals surface area contributed by atoms with Crippen molar-refractivity contribution < 1.29 is 41.0 Å². The van der Waals surface area contributed by atoms with Gasteiger partial charge in [0, 0.05) is 59.9 Å². The van der Waals surface area contributed by atoms with Gasteiger partial charge in [-0.15, -0.1) is 53.6 Å². The molecule has 0 bridgehead atoms. The number of furan rings is 1. The van der Waals surface area contributed by atoms with Gasteiger partial charge in [-0.3, -0.25) is 0 Å². The van der Waals surface area contributed by atoms with Crippen molar-refractivity contribution in [1.29, 1.82) is 0 Å². The Morgan fingerprint density at radius 3 is 2.23 bits per heavy atom. The number of benzene rings is 5. The molecule has 0 unspecified atom stereocenters. The minimum absolute atomic E-state index is 0. The third-order valence-corrected chi connectivity index (χ3v) is 11.0. The maximum absolute atomic E-state index is 9.30. The molecular formula is C56H56IrN2O-2. The van der Waals surface area contributed by atoms with Crippen molar-refractivity contribution in [1.82, 2.24) is 9.97 Å². The van der Waals surface area contributed by atoms with Crippen LogP contribution in [-0.2, 0) is 26.5 Å². The van der Waals surface area contributed by atoms with Crippen LogP contribution in [0.5, 0.6) is 0 Å². The fraction of sp³-hybridized carbons (Fsp3) is 0.286. The van der Waals surface area contributed by atoms with Gasteiger partial charge in [-0.1, -0.05) is 137 Å². The number of hydrogen-bond donors (Lipinski definition) is 0. The van der Waals surface area contributed by atoms with Crippen LogP contribution in [0.3, 0.4) is 0 Å². The van der Waals surface area contributed by atoms with Crippen LogP contribution in [0.25, 0.3) is 66.7 Å². The maximum Gasteiger partial charge on any atom is 0.128 e. The zero-order valence-corrected chi connectivity index (χ0v) is 37.0. The van der Waals surface area contributed by atoms with Crippen molar-refractivity contribution in [3.8, 4) is 44.8 Å². The van der Waals surface area contributed by atoms with Gasteiger partial charge in [0.05, 0.1) is 5.58 Å². The van der Waals surface area contributed by atoms with Gasteiger partial charge < -0.3 is 14.4 Å². The fourth-order valence-corrected chi connectivity index (χ4v) is 7.77. The number of pyridine rings is 2. The average Bonchev–Trinajstić information content (AvgIpc) is 3.71. The van der Waals surface area contributed by atoms with Gasteiger partial charge in [0.25, 0.3) is 0 Å². The quantitative estimate of drug-likeness (QED) is 0.156. The van der Waals surface area contributed by atoms with Crippen molar-refractivity contribution in [2.24, 2.45) is 10.8 Å². The Labute approximate surface area is 387 Å². The molecule has 9 rings (SSSR count). The fourth-order valence-electron chi connectivity index (χ4n) is 7.77. The van der Waals surface area contributed by atoms with E-state index in [9.17, 15) is 1.37 Å². The molecule has 0 spiro atoms. The number of aromatic nitrogens is 2. The van der Waals surface area contributed by atoms with Gasteiger partial charge in [-0.25, -0.2) is 0 Å². The first kappa shape index (κ1) is 30.0. The van der Waals surface area contributed by atoms with E-state index < -0.39 is 38.2 Å². The number of rotatable bonds is 6. The van der Waals surface area contributed by atoms with E-state index in [1.807, 2.05) is 75.4 Å². The molecule has 1 fully saturated rings. The van der Waals surface area contributed by atoms with Crippen LogP contribution >= 0.6 is 0 Å². The number of fused-ring (bicyclic) bond motifs is 3. The molecule has 1 radical (unpaired) electrons. The molecule has 0 N–H and O–H groups in total. The summed E-state index contributed by atoms with van der Waals surface area (Å²) in [7, 11) is 0. The minimum atomic E-state index is -2.56. The van der Waals surface area contributed by atoms with Gasteiger partial charge in [0.2, 0.25) is 0 Å². The number of nitrogens with zero attached hydrogens (tertiary/aromatic N) is 2. The van der Waals surface area contributed by atoms with E-state index in [1.54, 1.807) is 54.6 Å². The first-order valence-corrected chi connectivity index (χ1v) is 20.1. The molecule has 1 saturated carbocycles. The maximum atomic E-state index is 9.30. The van der Waals surface area contributed by atoms with E-state index in [2.05, 4.69) is 35.9 Å². The molecule has 4 heteroatoms. The van der Waals surface area contributed by atoms with Crippen molar-refractivity contribution in [2.45, 2.75) is 93.1 Å². The molecule has 8 aromatic rings. The van der Waals surface area contributed by atoms with Crippen LogP contribution in [0.1, 0.15) is 110 Å². The summed E-state index contributed by atoms with van der Waals surface area (Å²) in [5, 5.41) is 1.79. The first-order chi connectivity index (χ1) is 33.1. The summed E-state index contributed by atoms with van der Waals surface area (Å²) >= 11 is 0. The largest absolute Gasteiger partial charge is 0.500 e. The molecule has 1 aliphatic carbocycles. The molecule has 0 atom stereocenters. The molecule has 3 heterocycles. The molecule has 0 saturated heterocycles. The zero-order valence-electron chi connectivity index (χ0n) is 46.6. The number of para-hydroxylation sites is 1. The summed E-state index contributed by atoms with van der Waals surface area (Å²) in [6.45, 7) is 2.70. The normalized spacial score (nSPS) is 18.4. The van der Waals surface area contributed by atoms with Crippen molar-refractivity contribution in [2.75, 3.05) is 0 Å². The molecule has 0 amide bonds. The smallest absolute Gasteiger partial charge is 0.128 e. The summed E-state index contributed by atoms with van der Waals surface area (Å²) in [4.78, 5) is 8.90. The van der Waals surface area contributed by atoms with Crippen LogP contribution in [-0.4, -0.2) is 9.97 Å². The number of hydrogen-bond acceptors (Lipinski definition) is 3. The van der Waals surface area contributed by atoms with E-state index in [0.29, 0.717) is 52.1 Å². The molecular weight excluding hydrogens is 909 g/mol. The molecule has 1 aliphatic rings. The van der Waals surface area contributed by atoms with E-state index >= 15 is 0 Å². The van der Waals surface area contributed by atoms with Gasteiger partial charge >= 0.3 is 0 Å². The minimum Gasteiger partial charge on any atom is -0.500 e. The Kier molecular flexibility index (Phi) is 8.91. The first-order valence-electron chi connectivity index (χ1n) is 26.1. The Bertz CT molecular complexity index is 3200. The third kappa shape index (κ3) is 9.57. The summed E-state index contributed by atoms with van der Waals surface area (Å²) in [6, 6.07) is 40.8. The number of aryl methyl sites for hydroxylation is 3. The van der Waals surface area contributed by atoms with Gasteiger partial charge in [0.1, 0.15) is 5.58 Å². The van der Waals surface area contributed by atoms with Gasteiger partial charge in [0.15, 0.2) is 0 Å². The topological polar surface area (TPSA) is 38.9 Å². The van der Waals surface area contributed by atoms with Crippen LogP contribution in [0.4, 0.5) is 0 Å². The Balaban J connectivity index is 0.000000267. The van der Waals surface area contributed by atoms with Crippen molar-refractivity contribution in [3.05, 3.63) is 168 Å². The van der Waals surface area contributed by atoms with Crippen molar-refractivity contribution in [3.63, 3.8) is 0 Å². The summed E-state index contributed by atoms with van der Waals surface area (Å²) < 4.78 is 105. The van der Waals surface area contributed by atoms with Crippen LogP contribution in [0, 0.1) is 43.5 Å². The second-order valence-corrected chi connectivity index (χ2v) is 17.2. The average molecular weight is 977 g/mol. The van der Waals surface area contributed by atoms with E-state index in [4.69, 9.17) is 19.5 Å². The second kappa shape index (κ2) is 17.8.